The van der Waals surface area contributed by atoms with Gasteiger partial charge in [0.2, 0.25) is 5.89 Å². The highest BCUT2D eigenvalue weighted by molar-refractivity contribution is 5.73. The third-order valence-electron chi connectivity index (χ3n) is 3.11. The maximum absolute atomic E-state index is 11.6. The van der Waals surface area contributed by atoms with E-state index in [0.717, 1.165) is 12.0 Å². The largest absolute Gasteiger partial charge is 0.337 e. The minimum atomic E-state index is -0.229. The van der Waals surface area contributed by atoms with Crippen molar-refractivity contribution in [1.29, 1.82) is 0 Å². The maximum atomic E-state index is 11.6. The van der Waals surface area contributed by atoms with Crippen LogP contribution in [0.15, 0.2) is 34.9 Å². The van der Waals surface area contributed by atoms with E-state index in [9.17, 15) is 4.79 Å². The molecule has 0 aliphatic heterocycles. The highest BCUT2D eigenvalue weighted by Gasteiger charge is 2.09. The van der Waals surface area contributed by atoms with Crippen LogP contribution in [-0.2, 0) is 13.0 Å². The van der Waals surface area contributed by atoms with Crippen LogP contribution in [0, 0.1) is 0 Å². The number of nitrogens with zero attached hydrogens (tertiary/aromatic N) is 2. The molecule has 112 valence electrons. The molecule has 0 saturated heterocycles. The number of benzene rings is 1. The number of carbonyl (C=O) groups is 1. The second kappa shape index (κ2) is 7.42. The fourth-order valence-corrected chi connectivity index (χ4v) is 1.74. The Labute approximate surface area is 123 Å². The van der Waals surface area contributed by atoms with Crippen LogP contribution in [0.5, 0.6) is 0 Å². The summed E-state index contributed by atoms with van der Waals surface area (Å²) in [5, 5.41) is 9.41. The summed E-state index contributed by atoms with van der Waals surface area (Å²) >= 11 is 0. The predicted octanol–water partition coefficient (Wildman–Crippen LogP) is 2.26. The minimum Gasteiger partial charge on any atom is -0.337 e. The average molecular weight is 288 g/mol. The Bertz CT molecular complexity index is 568. The third kappa shape index (κ3) is 4.91. The Hall–Kier alpha value is -2.37. The van der Waals surface area contributed by atoms with E-state index >= 15 is 0 Å². The molecule has 0 bridgehead atoms. The van der Waals surface area contributed by atoms with Crippen molar-refractivity contribution in [3.8, 4) is 0 Å². The van der Waals surface area contributed by atoms with Crippen molar-refractivity contribution < 1.29 is 9.32 Å². The zero-order valence-corrected chi connectivity index (χ0v) is 12.3. The SMILES string of the molecule is CC[C@@H](C)NC(=O)NCc1nc(Cc2ccccc2)no1. The van der Waals surface area contributed by atoms with E-state index in [1.807, 2.05) is 44.2 Å². The lowest BCUT2D eigenvalue weighted by atomic mass is 10.1. The maximum Gasteiger partial charge on any atom is 0.315 e. The molecule has 6 heteroatoms. The van der Waals surface area contributed by atoms with Crippen molar-refractivity contribution >= 4 is 6.03 Å². The molecule has 2 rings (SSSR count). The third-order valence-corrected chi connectivity index (χ3v) is 3.11. The van der Waals surface area contributed by atoms with E-state index in [1.165, 1.54) is 0 Å². The first kappa shape index (κ1) is 15.0. The molecule has 21 heavy (non-hydrogen) atoms. The monoisotopic (exact) mass is 288 g/mol. The first-order valence-corrected chi connectivity index (χ1v) is 7.07. The van der Waals surface area contributed by atoms with Crippen LogP contribution in [-0.4, -0.2) is 22.2 Å². The summed E-state index contributed by atoms with van der Waals surface area (Å²) in [4.78, 5) is 15.8. The Morgan fingerprint density at radius 3 is 2.81 bits per heavy atom. The van der Waals surface area contributed by atoms with Crippen LogP contribution in [0.25, 0.3) is 0 Å². The van der Waals surface area contributed by atoms with E-state index < -0.39 is 0 Å². The van der Waals surface area contributed by atoms with Gasteiger partial charge in [0.15, 0.2) is 5.82 Å². The van der Waals surface area contributed by atoms with Gasteiger partial charge in [0.1, 0.15) is 0 Å². The first-order chi connectivity index (χ1) is 10.2. The molecular weight excluding hydrogens is 268 g/mol. The van der Waals surface area contributed by atoms with Crippen LogP contribution in [0.3, 0.4) is 0 Å². The van der Waals surface area contributed by atoms with Crippen molar-refractivity contribution in [2.45, 2.75) is 39.3 Å². The van der Waals surface area contributed by atoms with Gasteiger partial charge in [-0.05, 0) is 18.9 Å². The summed E-state index contributed by atoms with van der Waals surface area (Å²) in [5.41, 5.74) is 1.12. The van der Waals surface area contributed by atoms with Gasteiger partial charge in [-0.25, -0.2) is 4.79 Å². The van der Waals surface area contributed by atoms with Gasteiger partial charge in [-0.15, -0.1) is 0 Å². The van der Waals surface area contributed by atoms with E-state index in [1.54, 1.807) is 0 Å². The van der Waals surface area contributed by atoms with Gasteiger partial charge in [-0.2, -0.15) is 4.98 Å². The lowest BCUT2D eigenvalue weighted by Crippen LogP contribution is -2.40. The number of carbonyl (C=O) groups excluding carboxylic acids is 1. The predicted molar refractivity (Wildman–Crippen MR) is 78.7 cm³/mol. The van der Waals surface area contributed by atoms with Crippen LogP contribution < -0.4 is 10.6 Å². The molecule has 0 aliphatic rings. The molecule has 0 saturated carbocycles. The van der Waals surface area contributed by atoms with Crippen LogP contribution >= 0.6 is 0 Å². The van der Waals surface area contributed by atoms with Crippen molar-refractivity contribution in [2.75, 3.05) is 0 Å². The van der Waals surface area contributed by atoms with E-state index in [0.29, 0.717) is 18.1 Å². The van der Waals surface area contributed by atoms with Gasteiger partial charge in [0.25, 0.3) is 0 Å². The topological polar surface area (TPSA) is 80.0 Å². The molecule has 0 unspecified atom stereocenters. The van der Waals surface area contributed by atoms with Crippen molar-refractivity contribution in [3.63, 3.8) is 0 Å². The normalized spacial score (nSPS) is 11.9. The van der Waals surface area contributed by atoms with Crippen LogP contribution in [0.1, 0.15) is 37.5 Å². The molecule has 1 atom stereocenters. The number of urea groups is 1. The number of rotatable bonds is 6. The lowest BCUT2D eigenvalue weighted by Gasteiger charge is -2.11. The quantitative estimate of drug-likeness (QED) is 0.854. The molecule has 2 N–H and O–H groups in total. The summed E-state index contributed by atoms with van der Waals surface area (Å²) in [5.74, 6) is 1.01. The second-order valence-electron chi connectivity index (χ2n) is 4.90. The molecule has 0 aliphatic carbocycles. The first-order valence-electron chi connectivity index (χ1n) is 7.07. The Morgan fingerprint density at radius 2 is 2.10 bits per heavy atom. The molecule has 1 aromatic carbocycles. The summed E-state index contributed by atoms with van der Waals surface area (Å²) in [6, 6.07) is 9.83. The summed E-state index contributed by atoms with van der Waals surface area (Å²) in [6.45, 7) is 4.19. The molecular formula is C15H20N4O2. The number of amides is 2. The standard InChI is InChI=1S/C15H20N4O2/c1-3-11(2)17-15(20)16-10-14-18-13(19-21-14)9-12-7-5-4-6-8-12/h4-8,11H,3,9-10H2,1-2H3,(H2,16,17,20)/t11-/m1/s1. The Kier molecular flexibility index (Phi) is 5.31. The number of hydrogen-bond donors (Lipinski definition) is 2. The van der Waals surface area contributed by atoms with Gasteiger partial charge < -0.3 is 15.2 Å². The van der Waals surface area contributed by atoms with Gasteiger partial charge >= 0.3 is 6.03 Å². The zero-order chi connectivity index (χ0) is 15.1. The smallest absolute Gasteiger partial charge is 0.315 e. The summed E-state index contributed by atoms with van der Waals surface area (Å²) in [7, 11) is 0. The lowest BCUT2D eigenvalue weighted by molar-refractivity contribution is 0.235. The fourth-order valence-electron chi connectivity index (χ4n) is 1.74. The van der Waals surface area contributed by atoms with Crippen molar-refractivity contribution in [2.24, 2.45) is 0 Å². The molecule has 1 aromatic heterocycles. The Balaban J connectivity index is 1.82. The van der Waals surface area contributed by atoms with Gasteiger partial charge in [0.05, 0.1) is 6.54 Å². The number of hydrogen-bond acceptors (Lipinski definition) is 4. The molecule has 2 amide bonds. The van der Waals surface area contributed by atoms with E-state index in [4.69, 9.17) is 4.52 Å². The van der Waals surface area contributed by atoms with Gasteiger partial charge in [-0.3, -0.25) is 0 Å². The molecule has 0 fully saturated rings. The summed E-state index contributed by atoms with van der Waals surface area (Å²) < 4.78 is 5.11. The highest BCUT2D eigenvalue weighted by Crippen LogP contribution is 2.06. The minimum absolute atomic E-state index is 0.140. The number of nitrogens with one attached hydrogen (secondary N) is 2. The molecule has 1 heterocycles. The van der Waals surface area contributed by atoms with Crippen molar-refractivity contribution in [3.05, 3.63) is 47.6 Å². The summed E-state index contributed by atoms with van der Waals surface area (Å²) in [6.07, 6.45) is 1.50. The second-order valence-corrected chi connectivity index (χ2v) is 4.90. The average Bonchev–Trinajstić information content (AvgIpc) is 2.93. The zero-order valence-electron chi connectivity index (χ0n) is 12.3. The van der Waals surface area contributed by atoms with E-state index in [-0.39, 0.29) is 18.6 Å². The van der Waals surface area contributed by atoms with Crippen LogP contribution in [0.2, 0.25) is 0 Å². The van der Waals surface area contributed by atoms with Crippen molar-refractivity contribution in [1.82, 2.24) is 20.8 Å². The molecule has 2 aromatic rings. The Morgan fingerprint density at radius 1 is 1.33 bits per heavy atom. The molecule has 0 radical (unpaired) electrons. The van der Waals surface area contributed by atoms with Crippen LogP contribution in [0.4, 0.5) is 4.79 Å². The fraction of sp³-hybridized carbons (Fsp3) is 0.400. The highest BCUT2D eigenvalue weighted by atomic mass is 16.5. The number of aromatic nitrogens is 2. The van der Waals surface area contributed by atoms with E-state index in [2.05, 4.69) is 20.8 Å². The molecule has 0 spiro atoms. The van der Waals surface area contributed by atoms with Gasteiger partial charge in [0, 0.05) is 12.5 Å². The molecule has 6 nitrogen and oxygen atoms in total. The van der Waals surface area contributed by atoms with Gasteiger partial charge in [-0.1, -0.05) is 42.4 Å².